The second kappa shape index (κ2) is 12.4. The van der Waals surface area contributed by atoms with Gasteiger partial charge in [0.15, 0.2) is 5.78 Å². The van der Waals surface area contributed by atoms with E-state index in [2.05, 4.69) is 10.6 Å². The molecule has 0 radical (unpaired) electrons. The van der Waals surface area contributed by atoms with E-state index in [0.29, 0.717) is 21.8 Å². The summed E-state index contributed by atoms with van der Waals surface area (Å²) in [7, 11) is 0. The van der Waals surface area contributed by atoms with E-state index in [4.69, 9.17) is 11.6 Å². The number of hydrogen-bond donors (Lipinski definition) is 2. The quantitative estimate of drug-likeness (QED) is 0.197. The van der Waals surface area contributed by atoms with Crippen molar-refractivity contribution in [2.45, 2.75) is 0 Å². The maximum atomic E-state index is 14.3. The maximum absolute atomic E-state index is 14.3. The molecule has 0 atom stereocenters. The first-order chi connectivity index (χ1) is 18.4. The molecule has 4 aromatic rings. The molecule has 0 aliphatic rings. The van der Waals surface area contributed by atoms with Crippen LogP contribution in [0.25, 0.3) is 12.2 Å². The van der Waals surface area contributed by atoms with Crippen LogP contribution in [0.3, 0.4) is 0 Å². The van der Waals surface area contributed by atoms with Crippen LogP contribution in [0.5, 0.6) is 0 Å². The van der Waals surface area contributed by atoms with Gasteiger partial charge in [0.1, 0.15) is 11.5 Å². The van der Waals surface area contributed by atoms with E-state index in [9.17, 15) is 18.8 Å². The summed E-state index contributed by atoms with van der Waals surface area (Å²) < 4.78 is 14.3. The van der Waals surface area contributed by atoms with Gasteiger partial charge in [0, 0.05) is 27.4 Å². The highest BCUT2D eigenvalue weighted by Crippen LogP contribution is 2.18. The number of carbonyl (C=O) groups is 3. The van der Waals surface area contributed by atoms with Crippen LogP contribution < -0.4 is 10.6 Å². The topological polar surface area (TPSA) is 75.3 Å². The first-order valence-corrected chi connectivity index (χ1v) is 12.0. The second-order valence-corrected chi connectivity index (χ2v) is 8.56. The average Bonchev–Trinajstić information content (AvgIpc) is 2.94. The number of nitrogens with one attached hydrogen (secondary N) is 2. The third kappa shape index (κ3) is 6.90. The molecule has 0 aliphatic carbocycles. The molecule has 7 heteroatoms. The number of anilines is 1. The molecule has 0 heterocycles. The highest BCUT2D eigenvalue weighted by Gasteiger charge is 2.16. The molecule has 0 unspecified atom stereocenters. The summed E-state index contributed by atoms with van der Waals surface area (Å²) in [6.45, 7) is 0. The fourth-order valence-electron chi connectivity index (χ4n) is 3.48. The summed E-state index contributed by atoms with van der Waals surface area (Å²) in [5.41, 5.74) is 1.84. The number of benzene rings is 4. The van der Waals surface area contributed by atoms with Gasteiger partial charge in [-0.15, -0.1) is 0 Å². The summed E-state index contributed by atoms with van der Waals surface area (Å²) >= 11 is 6.12. The lowest BCUT2D eigenvalue weighted by molar-refractivity contribution is -0.113. The summed E-state index contributed by atoms with van der Waals surface area (Å²) in [4.78, 5) is 38.4. The summed E-state index contributed by atoms with van der Waals surface area (Å²) in [6.07, 6.45) is 4.32. The molecule has 188 valence electrons. The normalized spacial score (nSPS) is 11.3. The lowest BCUT2D eigenvalue weighted by Crippen LogP contribution is -2.30. The Kier molecular flexibility index (Phi) is 8.59. The van der Waals surface area contributed by atoms with Crippen LogP contribution in [0.2, 0.25) is 5.02 Å². The van der Waals surface area contributed by atoms with Gasteiger partial charge in [-0.2, -0.15) is 0 Å². The minimum atomic E-state index is -0.657. The minimum absolute atomic E-state index is 0.136. The van der Waals surface area contributed by atoms with Gasteiger partial charge in [0.25, 0.3) is 11.8 Å². The van der Waals surface area contributed by atoms with Gasteiger partial charge in [-0.3, -0.25) is 14.4 Å². The van der Waals surface area contributed by atoms with Crippen molar-refractivity contribution in [1.29, 1.82) is 0 Å². The largest absolute Gasteiger partial charge is 0.321 e. The van der Waals surface area contributed by atoms with Gasteiger partial charge in [-0.05, 0) is 72.3 Å². The van der Waals surface area contributed by atoms with Crippen LogP contribution in [0.4, 0.5) is 10.1 Å². The predicted octanol–water partition coefficient (Wildman–Crippen LogP) is 6.78. The van der Waals surface area contributed by atoms with E-state index in [-0.39, 0.29) is 17.0 Å². The van der Waals surface area contributed by atoms with Crippen LogP contribution >= 0.6 is 11.6 Å². The highest BCUT2D eigenvalue weighted by atomic mass is 35.5. The van der Waals surface area contributed by atoms with Crippen molar-refractivity contribution in [3.05, 3.63) is 148 Å². The molecule has 0 saturated heterocycles. The second-order valence-electron chi connectivity index (χ2n) is 8.15. The SMILES string of the molecule is O=C(Nc1ccc(C(=O)/C=C/c2ccccc2Cl)cc1)/C(=C/c1ccccc1F)NC(=O)c1ccccc1. The van der Waals surface area contributed by atoms with Gasteiger partial charge in [0.2, 0.25) is 0 Å². The summed E-state index contributed by atoms with van der Waals surface area (Å²) in [5, 5.41) is 5.78. The Morgan fingerprint density at radius 1 is 0.711 bits per heavy atom. The molecule has 0 saturated carbocycles. The Labute approximate surface area is 224 Å². The summed E-state index contributed by atoms with van der Waals surface area (Å²) in [5.74, 6) is -1.96. The van der Waals surface area contributed by atoms with Gasteiger partial charge < -0.3 is 10.6 Å². The third-order valence-electron chi connectivity index (χ3n) is 5.48. The lowest BCUT2D eigenvalue weighted by atomic mass is 10.1. The van der Waals surface area contributed by atoms with Gasteiger partial charge in [0.05, 0.1) is 0 Å². The van der Waals surface area contributed by atoms with Crippen molar-refractivity contribution in [2.75, 3.05) is 5.32 Å². The number of rotatable bonds is 8. The van der Waals surface area contributed by atoms with Gasteiger partial charge in [-0.1, -0.05) is 66.2 Å². The molecule has 0 bridgehead atoms. The van der Waals surface area contributed by atoms with E-state index in [0.717, 1.165) is 5.56 Å². The zero-order valence-corrected chi connectivity index (χ0v) is 20.8. The smallest absolute Gasteiger partial charge is 0.272 e. The lowest BCUT2D eigenvalue weighted by Gasteiger charge is -2.12. The monoisotopic (exact) mass is 524 g/mol. The Hall–Kier alpha value is -4.81. The first kappa shape index (κ1) is 26.3. The number of carbonyl (C=O) groups excluding carboxylic acids is 3. The molecule has 0 aliphatic heterocycles. The summed E-state index contributed by atoms with van der Waals surface area (Å²) in [6, 6.07) is 27.7. The van der Waals surface area contributed by atoms with Crippen molar-refractivity contribution in [2.24, 2.45) is 0 Å². The van der Waals surface area contributed by atoms with E-state index in [1.165, 1.54) is 30.4 Å². The van der Waals surface area contributed by atoms with Crippen LogP contribution in [0, 0.1) is 5.82 Å². The van der Waals surface area contributed by atoms with E-state index in [1.807, 2.05) is 6.07 Å². The van der Waals surface area contributed by atoms with Gasteiger partial charge in [-0.25, -0.2) is 4.39 Å². The molecule has 2 amide bonds. The van der Waals surface area contributed by atoms with E-state index in [1.54, 1.807) is 84.9 Å². The van der Waals surface area contributed by atoms with Crippen molar-refractivity contribution in [3.8, 4) is 0 Å². The highest BCUT2D eigenvalue weighted by molar-refractivity contribution is 6.32. The Balaban J connectivity index is 1.51. The minimum Gasteiger partial charge on any atom is -0.321 e. The number of allylic oxidation sites excluding steroid dienone is 1. The molecule has 0 spiro atoms. The van der Waals surface area contributed by atoms with E-state index < -0.39 is 17.6 Å². The van der Waals surface area contributed by atoms with E-state index >= 15 is 0 Å². The number of halogens is 2. The predicted molar refractivity (Wildman–Crippen MR) is 148 cm³/mol. The Bertz CT molecular complexity index is 1530. The zero-order chi connectivity index (χ0) is 26.9. The molecular weight excluding hydrogens is 503 g/mol. The van der Waals surface area contributed by atoms with Crippen LogP contribution in [-0.4, -0.2) is 17.6 Å². The molecule has 0 aromatic heterocycles. The van der Waals surface area contributed by atoms with Crippen molar-refractivity contribution in [1.82, 2.24) is 5.32 Å². The number of hydrogen-bond acceptors (Lipinski definition) is 3. The fraction of sp³-hybridized carbons (Fsp3) is 0. The Morgan fingerprint density at radius 3 is 2.03 bits per heavy atom. The van der Waals surface area contributed by atoms with Crippen LogP contribution in [0.15, 0.2) is 115 Å². The number of ketones is 1. The molecule has 4 rings (SSSR count). The van der Waals surface area contributed by atoms with Gasteiger partial charge >= 0.3 is 0 Å². The molecule has 4 aromatic carbocycles. The van der Waals surface area contributed by atoms with Crippen LogP contribution in [-0.2, 0) is 4.79 Å². The van der Waals surface area contributed by atoms with Crippen LogP contribution in [0.1, 0.15) is 31.8 Å². The number of amides is 2. The molecule has 38 heavy (non-hydrogen) atoms. The zero-order valence-electron chi connectivity index (χ0n) is 20.0. The standard InChI is InChI=1S/C31H22ClFN2O3/c32-26-12-6-4-8-21(26)16-19-29(36)22-14-17-25(18-15-22)34-31(38)28(20-24-11-5-7-13-27(24)33)35-30(37)23-9-2-1-3-10-23/h1-20H,(H,34,38)(H,35,37)/b19-16+,28-20-. The first-order valence-electron chi connectivity index (χ1n) is 11.6. The van der Waals surface area contributed by atoms with Crippen molar-refractivity contribution in [3.63, 3.8) is 0 Å². The Morgan fingerprint density at radius 2 is 1.34 bits per heavy atom. The molecule has 0 fully saturated rings. The third-order valence-corrected chi connectivity index (χ3v) is 5.82. The maximum Gasteiger partial charge on any atom is 0.272 e. The molecule has 5 nitrogen and oxygen atoms in total. The molecule has 2 N–H and O–H groups in total. The molecular formula is C31H22ClFN2O3. The fourth-order valence-corrected chi connectivity index (χ4v) is 3.68. The van der Waals surface area contributed by atoms with Crippen molar-refractivity contribution < 1.29 is 18.8 Å². The van der Waals surface area contributed by atoms with Crippen molar-refractivity contribution >= 4 is 47.0 Å². The average molecular weight is 525 g/mol.